The Labute approximate surface area is 168 Å². The highest BCUT2D eigenvalue weighted by Gasteiger charge is 2.21. The van der Waals surface area contributed by atoms with Gasteiger partial charge in [-0.25, -0.2) is 9.50 Å². The van der Waals surface area contributed by atoms with Gasteiger partial charge >= 0.3 is 0 Å². The fourth-order valence-electron chi connectivity index (χ4n) is 4.43. The van der Waals surface area contributed by atoms with Crippen molar-refractivity contribution in [3.05, 3.63) is 90.0 Å². The SMILES string of the molecule is c1ccc(-c2cnn3cc(CN4CCc5[nH]c6ccccc6c5C4)cnc23)cc1. The summed E-state index contributed by atoms with van der Waals surface area (Å²) in [6.07, 6.45) is 7.06. The number of hydrogen-bond donors (Lipinski definition) is 1. The molecule has 6 rings (SSSR count). The van der Waals surface area contributed by atoms with Crippen LogP contribution in [0.4, 0.5) is 0 Å². The number of benzene rings is 2. The van der Waals surface area contributed by atoms with Crippen molar-refractivity contribution < 1.29 is 0 Å². The lowest BCUT2D eigenvalue weighted by atomic mass is 10.0. The Hall–Kier alpha value is -3.44. The van der Waals surface area contributed by atoms with Crippen molar-refractivity contribution in [1.82, 2.24) is 24.5 Å². The molecule has 0 fully saturated rings. The molecule has 2 aromatic carbocycles. The summed E-state index contributed by atoms with van der Waals surface area (Å²) in [5, 5.41) is 5.90. The molecule has 1 N–H and O–H groups in total. The molecule has 0 amide bonds. The average Bonchev–Trinajstić information content (AvgIpc) is 3.35. The van der Waals surface area contributed by atoms with Crippen LogP contribution in [0, 0.1) is 0 Å². The molecule has 0 saturated heterocycles. The van der Waals surface area contributed by atoms with Crippen LogP contribution < -0.4 is 0 Å². The van der Waals surface area contributed by atoms with Crippen molar-refractivity contribution >= 4 is 16.6 Å². The van der Waals surface area contributed by atoms with Gasteiger partial charge in [0.25, 0.3) is 0 Å². The molecule has 0 aliphatic carbocycles. The third-order valence-corrected chi connectivity index (χ3v) is 5.86. The van der Waals surface area contributed by atoms with Gasteiger partial charge in [0.2, 0.25) is 0 Å². The molecule has 0 unspecified atom stereocenters. The summed E-state index contributed by atoms with van der Waals surface area (Å²) in [6.45, 7) is 2.89. The smallest absolute Gasteiger partial charge is 0.162 e. The Morgan fingerprint density at radius 1 is 0.966 bits per heavy atom. The van der Waals surface area contributed by atoms with Gasteiger partial charge in [-0.3, -0.25) is 4.90 Å². The van der Waals surface area contributed by atoms with E-state index in [0.717, 1.165) is 42.8 Å². The molecule has 5 nitrogen and oxygen atoms in total. The quantitative estimate of drug-likeness (QED) is 0.504. The molecular formula is C24H21N5. The Balaban J connectivity index is 1.27. The van der Waals surface area contributed by atoms with Crippen LogP contribution in [0.5, 0.6) is 0 Å². The second kappa shape index (κ2) is 6.57. The number of hydrogen-bond acceptors (Lipinski definition) is 3. The van der Waals surface area contributed by atoms with E-state index < -0.39 is 0 Å². The van der Waals surface area contributed by atoms with Crippen LogP contribution in [-0.2, 0) is 19.5 Å². The third kappa shape index (κ3) is 2.82. The summed E-state index contributed by atoms with van der Waals surface area (Å²) in [5.74, 6) is 0. The first-order valence-electron chi connectivity index (χ1n) is 10.0. The molecule has 0 bridgehead atoms. The summed E-state index contributed by atoms with van der Waals surface area (Å²) >= 11 is 0. The first-order valence-corrected chi connectivity index (χ1v) is 10.0. The fraction of sp³-hybridized carbons (Fsp3) is 0.167. The van der Waals surface area contributed by atoms with Gasteiger partial charge in [-0.15, -0.1) is 0 Å². The Morgan fingerprint density at radius 3 is 2.76 bits per heavy atom. The lowest BCUT2D eigenvalue weighted by molar-refractivity contribution is 0.245. The van der Waals surface area contributed by atoms with E-state index in [0.29, 0.717) is 0 Å². The van der Waals surface area contributed by atoms with E-state index in [9.17, 15) is 0 Å². The Kier molecular flexibility index (Phi) is 3.74. The minimum Gasteiger partial charge on any atom is -0.358 e. The summed E-state index contributed by atoms with van der Waals surface area (Å²) in [6, 6.07) is 18.9. The van der Waals surface area contributed by atoms with E-state index >= 15 is 0 Å². The van der Waals surface area contributed by atoms with Gasteiger partial charge in [-0.2, -0.15) is 5.10 Å². The molecule has 0 radical (unpaired) electrons. The van der Waals surface area contributed by atoms with Gasteiger partial charge in [0, 0.05) is 66.2 Å². The van der Waals surface area contributed by atoms with Gasteiger partial charge in [0.05, 0.1) is 6.20 Å². The summed E-state index contributed by atoms with van der Waals surface area (Å²) in [5.41, 5.74) is 8.36. The van der Waals surface area contributed by atoms with Crippen LogP contribution in [0.25, 0.3) is 27.7 Å². The maximum atomic E-state index is 4.73. The maximum Gasteiger partial charge on any atom is 0.162 e. The van der Waals surface area contributed by atoms with Crippen molar-refractivity contribution in [3.63, 3.8) is 0 Å². The first kappa shape index (κ1) is 16.5. The van der Waals surface area contributed by atoms with Crippen LogP contribution in [0.15, 0.2) is 73.2 Å². The Bertz CT molecular complexity index is 1320. The number of nitrogens with one attached hydrogen (secondary N) is 1. The Morgan fingerprint density at radius 2 is 1.83 bits per heavy atom. The van der Waals surface area contributed by atoms with E-state index in [4.69, 9.17) is 4.98 Å². The van der Waals surface area contributed by atoms with Crippen LogP contribution >= 0.6 is 0 Å². The molecule has 1 aliphatic heterocycles. The lowest BCUT2D eigenvalue weighted by Crippen LogP contribution is -2.29. The summed E-state index contributed by atoms with van der Waals surface area (Å²) < 4.78 is 1.90. The predicted octanol–water partition coefficient (Wildman–Crippen LogP) is 4.44. The zero-order chi connectivity index (χ0) is 19.2. The van der Waals surface area contributed by atoms with Crippen LogP contribution in [0.3, 0.4) is 0 Å². The molecule has 1 aliphatic rings. The highest BCUT2D eigenvalue weighted by molar-refractivity contribution is 5.84. The zero-order valence-electron chi connectivity index (χ0n) is 16.0. The average molecular weight is 379 g/mol. The molecule has 142 valence electrons. The monoisotopic (exact) mass is 379 g/mol. The van der Waals surface area contributed by atoms with Gasteiger partial charge in [0.15, 0.2) is 5.65 Å². The predicted molar refractivity (Wildman–Crippen MR) is 115 cm³/mol. The van der Waals surface area contributed by atoms with Crippen molar-refractivity contribution in [2.75, 3.05) is 6.54 Å². The second-order valence-corrected chi connectivity index (χ2v) is 7.74. The van der Waals surface area contributed by atoms with E-state index in [2.05, 4.69) is 57.6 Å². The van der Waals surface area contributed by atoms with Crippen LogP contribution in [-0.4, -0.2) is 31.0 Å². The summed E-state index contributed by atoms with van der Waals surface area (Å²) in [7, 11) is 0. The van der Waals surface area contributed by atoms with E-state index in [1.807, 2.05) is 35.1 Å². The number of aromatic nitrogens is 4. The standard InChI is InChI=1S/C24H21N5/c1-2-6-18(7-3-1)20-13-26-29-15-17(12-25-24(20)29)14-28-11-10-23-21(16-28)19-8-4-5-9-22(19)27-23/h1-9,12-13,15,27H,10-11,14,16H2. The van der Waals surface area contributed by atoms with E-state index in [1.165, 1.54) is 27.7 Å². The molecular weight excluding hydrogens is 358 g/mol. The van der Waals surface area contributed by atoms with E-state index in [-0.39, 0.29) is 0 Å². The normalized spacial score (nSPS) is 14.5. The van der Waals surface area contributed by atoms with Gasteiger partial charge in [-0.05, 0) is 17.2 Å². The second-order valence-electron chi connectivity index (χ2n) is 7.74. The highest BCUT2D eigenvalue weighted by Crippen LogP contribution is 2.28. The lowest BCUT2D eigenvalue weighted by Gasteiger charge is -2.27. The van der Waals surface area contributed by atoms with Crippen molar-refractivity contribution in [2.24, 2.45) is 0 Å². The van der Waals surface area contributed by atoms with Crippen LogP contribution in [0.1, 0.15) is 16.8 Å². The third-order valence-electron chi connectivity index (χ3n) is 5.86. The molecule has 0 atom stereocenters. The number of nitrogens with zero attached hydrogens (tertiary/aromatic N) is 4. The van der Waals surface area contributed by atoms with Crippen molar-refractivity contribution in [1.29, 1.82) is 0 Å². The topological polar surface area (TPSA) is 49.2 Å². The molecule has 29 heavy (non-hydrogen) atoms. The van der Waals surface area contributed by atoms with Crippen molar-refractivity contribution in [3.8, 4) is 11.1 Å². The minimum absolute atomic E-state index is 0.877. The number of fused-ring (bicyclic) bond motifs is 4. The number of para-hydroxylation sites is 1. The number of aromatic amines is 1. The maximum absolute atomic E-state index is 4.73. The molecule has 0 saturated carbocycles. The molecule has 5 heteroatoms. The zero-order valence-corrected chi connectivity index (χ0v) is 16.0. The van der Waals surface area contributed by atoms with Gasteiger partial charge in [0.1, 0.15) is 0 Å². The fourth-order valence-corrected chi connectivity index (χ4v) is 4.43. The molecule has 4 heterocycles. The first-order chi connectivity index (χ1) is 14.3. The minimum atomic E-state index is 0.877. The number of rotatable bonds is 3. The summed E-state index contributed by atoms with van der Waals surface area (Å²) in [4.78, 5) is 10.8. The molecule has 5 aromatic rings. The van der Waals surface area contributed by atoms with Gasteiger partial charge in [-0.1, -0.05) is 48.5 Å². The van der Waals surface area contributed by atoms with Crippen LogP contribution in [0.2, 0.25) is 0 Å². The molecule has 0 spiro atoms. The highest BCUT2D eigenvalue weighted by atomic mass is 15.2. The van der Waals surface area contributed by atoms with E-state index in [1.54, 1.807) is 0 Å². The van der Waals surface area contributed by atoms with Crippen molar-refractivity contribution in [2.45, 2.75) is 19.5 Å². The largest absolute Gasteiger partial charge is 0.358 e. The number of H-pyrrole nitrogens is 1. The van der Waals surface area contributed by atoms with Gasteiger partial charge < -0.3 is 4.98 Å². The molecule has 3 aromatic heterocycles.